The van der Waals surface area contributed by atoms with Crippen molar-refractivity contribution in [3.05, 3.63) is 0 Å². The van der Waals surface area contributed by atoms with Gasteiger partial charge >= 0.3 is 0 Å². The van der Waals surface area contributed by atoms with Crippen molar-refractivity contribution in [3.8, 4) is 0 Å². The summed E-state index contributed by atoms with van der Waals surface area (Å²) in [4.78, 5) is 34.6. The van der Waals surface area contributed by atoms with Crippen LogP contribution < -0.4 is 21.3 Å². The van der Waals surface area contributed by atoms with Crippen molar-refractivity contribution in [1.29, 1.82) is 0 Å². The van der Waals surface area contributed by atoms with Crippen LogP contribution in [-0.2, 0) is 14.4 Å². The van der Waals surface area contributed by atoms with E-state index in [0.717, 1.165) is 0 Å². The zero-order chi connectivity index (χ0) is 18.4. The van der Waals surface area contributed by atoms with Crippen LogP contribution in [0.2, 0.25) is 0 Å². The Labute approximate surface area is 163 Å². The summed E-state index contributed by atoms with van der Waals surface area (Å²) in [6, 6.07) is -0.679. The van der Waals surface area contributed by atoms with Crippen molar-refractivity contribution >= 4 is 61.2 Å². The summed E-state index contributed by atoms with van der Waals surface area (Å²) in [5.41, 5.74) is 0. The second-order valence-corrected chi connectivity index (χ2v) is 6.27. The van der Waals surface area contributed by atoms with Crippen LogP contribution in [-0.4, -0.2) is 71.3 Å². The van der Waals surface area contributed by atoms with E-state index >= 15 is 0 Å². The first-order chi connectivity index (χ1) is 11.4. The SMILES string of the molecule is O=C(CCl)NCCNC(=O)C(CCCNC(O)CBr)NC(=O)CBr. The lowest BCUT2D eigenvalue weighted by Crippen LogP contribution is -2.49. The van der Waals surface area contributed by atoms with Crippen molar-refractivity contribution in [3.63, 3.8) is 0 Å². The van der Waals surface area contributed by atoms with Crippen molar-refractivity contribution in [2.24, 2.45) is 0 Å². The van der Waals surface area contributed by atoms with E-state index in [1.165, 1.54) is 0 Å². The van der Waals surface area contributed by atoms with Gasteiger partial charge in [-0.3, -0.25) is 19.7 Å². The van der Waals surface area contributed by atoms with E-state index in [9.17, 15) is 19.5 Å². The minimum absolute atomic E-state index is 0.100. The molecule has 0 aliphatic heterocycles. The number of alkyl halides is 3. The van der Waals surface area contributed by atoms with Gasteiger partial charge in [0.1, 0.15) is 18.1 Å². The summed E-state index contributed by atoms with van der Waals surface area (Å²) in [7, 11) is 0. The van der Waals surface area contributed by atoms with E-state index in [1.807, 2.05) is 0 Å². The number of carbonyl (C=O) groups is 3. The molecule has 0 heterocycles. The van der Waals surface area contributed by atoms with Gasteiger partial charge in [-0.15, -0.1) is 11.6 Å². The van der Waals surface area contributed by atoms with Gasteiger partial charge in [-0.25, -0.2) is 0 Å². The fourth-order valence-electron chi connectivity index (χ4n) is 1.69. The molecule has 8 nitrogen and oxygen atoms in total. The number of aliphatic hydroxyl groups excluding tert-OH is 1. The van der Waals surface area contributed by atoms with Gasteiger partial charge in [-0.05, 0) is 19.4 Å². The van der Waals surface area contributed by atoms with E-state index in [1.54, 1.807) is 0 Å². The molecule has 0 aromatic carbocycles. The molecule has 0 rings (SSSR count). The van der Waals surface area contributed by atoms with Crippen LogP contribution in [0.3, 0.4) is 0 Å². The molecular formula is C13H23Br2ClN4O4. The fourth-order valence-corrected chi connectivity index (χ4v) is 2.17. The van der Waals surface area contributed by atoms with E-state index in [-0.39, 0.29) is 42.0 Å². The number of aliphatic hydroxyl groups is 1. The third-order valence-electron chi connectivity index (χ3n) is 2.84. The van der Waals surface area contributed by atoms with Gasteiger partial charge in [0, 0.05) is 18.4 Å². The number of nitrogens with one attached hydrogen (secondary N) is 4. The molecule has 0 aliphatic carbocycles. The molecule has 0 aromatic rings. The van der Waals surface area contributed by atoms with Crippen LogP contribution in [0.25, 0.3) is 0 Å². The van der Waals surface area contributed by atoms with Crippen LogP contribution in [0.1, 0.15) is 12.8 Å². The average Bonchev–Trinajstić information content (AvgIpc) is 2.59. The molecule has 11 heteroatoms. The summed E-state index contributed by atoms with van der Waals surface area (Å²) in [5, 5.41) is 20.5. The van der Waals surface area contributed by atoms with Crippen LogP contribution in [0.4, 0.5) is 0 Å². The van der Waals surface area contributed by atoms with Crippen molar-refractivity contribution < 1.29 is 19.5 Å². The monoisotopic (exact) mass is 492 g/mol. The van der Waals surface area contributed by atoms with Gasteiger partial charge in [0.2, 0.25) is 17.7 Å². The molecule has 140 valence electrons. The van der Waals surface area contributed by atoms with Gasteiger partial charge in [0.15, 0.2) is 0 Å². The molecule has 2 atom stereocenters. The fraction of sp³-hybridized carbons (Fsp3) is 0.769. The summed E-state index contributed by atoms with van der Waals surface area (Å²) in [6.45, 7) is 1.00. The van der Waals surface area contributed by atoms with Crippen molar-refractivity contribution in [2.75, 3.05) is 36.2 Å². The lowest BCUT2D eigenvalue weighted by molar-refractivity contribution is -0.128. The molecule has 0 radical (unpaired) electrons. The highest BCUT2D eigenvalue weighted by atomic mass is 79.9. The summed E-state index contributed by atoms with van der Waals surface area (Å²) in [6.07, 6.45) is 0.355. The van der Waals surface area contributed by atoms with Crippen LogP contribution in [0.15, 0.2) is 0 Å². The highest BCUT2D eigenvalue weighted by Crippen LogP contribution is 1.99. The van der Waals surface area contributed by atoms with Crippen LogP contribution in [0.5, 0.6) is 0 Å². The lowest BCUT2D eigenvalue weighted by atomic mass is 10.1. The van der Waals surface area contributed by atoms with E-state index in [0.29, 0.717) is 24.7 Å². The predicted octanol–water partition coefficient (Wildman–Crippen LogP) is -0.580. The van der Waals surface area contributed by atoms with Gasteiger partial charge in [0.25, 0.3) is 0 Å². The molecule has 2 unspecified atom stereocenters. The number of amides is 3. The molecule has 0 aromatic heterocycles. The van der Waals surface area contributed by atoms with Crippen molar-refractivity contribution in [1.82, 2.24) is 21.3 Å². The first kappa shape index (κ1) is 23.6. The molecule has 0 saturated heterocycles. The quantitative estimate of drug-likeness (QED) is 0.133. The zero-order valence-electron chi connectivity index (χ0n) is 13.1. The molecule has 0 aliphatic rings. The molecule has 5 N–H and O–H groups in total. The molecule has 24 heavy (non-hydrogen) atoms. The van der Waals surface area contributed by atoms with E-state index in [2.05, 4.69) is 53.1 Å². The molecule has 3 amide bonds. The van der Waals surface area contributed by atoms with Gasteiger partial charge in [-0.1, -0.05) is 31.9 Å². The summed E-state index contributed by atoms with van der Waals surface area (Å²) < 4.78 is 0. The van der Waals surface area contributed by atoms with E-state index in [4.69, 9.17) is 11.6 Å². The number of rotatable bonds is 13. The van der Waals surface area contributed by atoms with Gasteiger partial charge in [-0.2, -0.15) is 0 Å². The topological polar surface area (TPSA) is 120 Å². The van der Waals surface area contributed by atoms with Crippen molar-refractivity contribution in [2.45, 2.75) is 25.1 Å². The molecule has 0 fully saturated rings. The number of hydrogen-bond acceptors (Lipinski definition) is 5. The first-order valence-corrected chi connectivity index (χ1v) is 10.2. The Balaban J connectivity index is 4.24. The number of carbonyl (C=O) groups excluding carboxylic acids is 3. The standard InChI is InChI=1S/C13H23Br2ClN4O4/c14-6-10(21)17-3-1-2-9(20-11(22)7-15)13(24)19-5-4-18-12(23)8-16/h9-10,17,21H,1-8H2,(H,18,23)(H,19,24)(H,20,22). The molecule has 0 spiro atoms. The molecular weight excluding hydrogens is 471 g/mol. The van der Waals surface area contributed by atoms with Gasteiger partial charge in [0.05, 0.1) is 5.33 Å². The Morgan fingerprint density at radius 2 is 1.71 bits per heavy atom. The third-order valence-corrected chi connectivity index (χ3v) is 4.20. The number of halogens is 3. The second-order valence-electron chi connectivity index (χ2n) is 4.79. The van der Waals surface area contributed by atoms with Gasteiger partial charge < -0.3 is 21.1 Å². The normalized spacial score (nSPS) is 13.0. The maximum atomic E-state index is 12.1. The average molecular weight is 495 g/mol. The molecule has 0 bridgehead atoms. The zero-order valence-corrected chi connectivity index (χ0v) is 17.0. The maximum Gasteiger partial charge on any atom is 0.242 e. The lowest BCUT2D eigenvalue weighted by Gasteiger charge is -2.18. The first-order valence-electron chi connectivity index (χ1n) is 7.37. The Bertz CT molecular complexity index is 404. The molecule has 0 saturated carbocycles. The Morgan fingerprint density at radius 3 is 2.29 bits per heavy atom. The smallest absolute Gasteiger partial charge is 0.242 e. The Hall–Kier alpha value is -0.420. The highest BCUT2D eigenvalue weighted by molar-refractivity contribution is 9.09. The largest absolute Gasteiger partial charge is 0.378 e. The predicted molar refractivity (Wildman–Crippen MR) is 99.5 cm³/mol. The maximum absolute atomic E-state index is 12.1. The Morgan fingerprint density at radius 1 is 1.04 bits per heavy atom. The summed E-state index contributed by atoms with van der Waals surface area (Å²) in [5.74, 6) is -1.07. The van der Waals surface area contributed by atoms with Crippen LogP contribution in [0, 0.1) is 0 Å². The number of hydrogen-bond donors (Lipinski definition) is 5. The van der Waals surface area contributed by atoms with E-state index < -0.39 is 12.3 Å². The summed E-state index contributed by atoms with van der Waals surface area (Å²) >= 11 is 11.5. The second kappa shape index (κ2) is 14.9. The third kappa shape index (κ3) is 12.0. The van der Waals surface area contributed by atoms with Crippen LogP contribution >= 0.6 is 43.5 Å². The minimum atomic E-state index is -0.679. The Kier molecular flexibility index (Phi) is 14.6. The highest BCUT2D eigenvalue weighted by Gasteiger charge is 2.19. The minimum Gasteiger partial charge on any atom is -0.378 e.